The largest absolute Gasteiger partial charge is 0.328 e. The Kier molecular flexibility index (Phi) is 5.34. The lowest BCUT2D eigenvalue weighted by Crippen LogP contribution is -2.30. The molecule has 0 aromatic heterocycles. The number of hydrogen-bond donors (Lipinski definition) is 1. The number of nitrogens with two attached hydrogens (primary N) is 1. The van der Waals surface area contributed by atoms with E-state index in [0.29, 0.717) is 13.0 Å². The van der Waals surface area contributed by atoms with Crippen molar-refractivity contribution in [1.82, 2.24) is 0 Å². The van der Waals surface area contributed by atoms with E-state index in [1.54, 1.807) is 0 Å². The molecule has 112 valence electrons. The van der Waals surface area contributed by atoms with Gasteiger partial charge in [0.1, 0.15) is 0 Å². The molecule has 0 aliphatic rings. The maximum atomic E-state index is 12.5. The summed E-state index contributed by atoms with van der Waals surface area (Å²) >= 11 is 0. The van der Waals surface area contributed by atoms with Crippen molar-refractivity contribution in [2.24, 2.45) is 5.73 Å². The first-order valence-electron chi connectivity index (χ1n) is 7.67. The predicted molar refractivity (Wildman–Crippen MR) is 89.5 cm³/mol. The van der Waals surface area contributed by atoms with Crippen molar-refractivity contribution in [1.29, 1.82) is 0 Å². The molecule has 0 spiro atoms. The fourth-order valence-corrected chi connectivity index (χ4v) is 2.63. The molecule has 2 aromatic rings. The summed E-state index contributed by atoms with van der Waals surface area (Å²) < 4.78 is 0. The number of nitrogens with zero attached hydrogens (tertiary/aromatic N) is 1. The highest BCUT2D eigenvalue weighted by Crippen LogP contribution is 2.27. The van der Waals surface area contributed by atoms with E-state index < -0.39 is 0 Å². The molecule has 0 bridgehead atoms. The molecule has 21 heavy (non-hydrogen) atoms. The molecule has 2 aromatic carbocycles. The summed E-state index contributed by atoms with van der Waals surface area (Å²) in [5, 5.41) is 2.29. The minimum atomic E-state index is 0.158. The number of amides is 1. The molecule has 3 heteroatoms. The SMILES string of the molecule is CCN(C(=O)CCCC(C)N)c1cccc2ccccc12. The van der Waals surface area contributed by atoms with Gasteiger partial charge >= 0.3 is 0 Å². The zero-order chi connectivity index (χ0) is 15.2. The standard InChI is InChI=1S/C18H24N2O/c1-3-20(18(21)13-6-8-14(2)19)17-12-7-10-15-9-4-5-11-16(15)17/h4-5,7,9-12,14H,3,6,8,13,19H2,1-2H3. The normalized spacial score (nSPS) is 12.3. The van der Waals surface area contributed by atoms with Gasteiger partial charge in [0.25, 0.3) is 0 Å². The number of anilines is 1. The van der Waals surface area contributed by atoms with Crippen LogP contribution in [0.25, 0.3) is 10.8 Å². The van der Waals surface area contributed by atoms with Crippen LogP contribution in [0.4, 0.5) is 5.69 Å². The molecule has 3 nitrogen and oxygen atoms in total. The van der Waals surface area contributed by atoms with E-state index in [0.717, 1.165) is 29.3 Å². The van der Waals surface area contributed by atoms with Crippen molar-refractivity contribution in [3.63, 3.8) is 0 Å². The van der Waals surface area contributed by atoms with Gasteiger partial charge in [-0.3, -0.25) is 4.79 Å². The van der Waals surface area contributed by atoms with Crippen LogP contribution in [0.5, 0.6) is 0 Å². The second-order valence-electron chi connectivity index (χ2n) is 5.51. The Bertz CT molecular complexity index is 602. The van der Waals surface area contributed by atoms with E-state index in [4.69, 9.17) is 5.73 Å². The van der Waals surface area contributed by atoms with E-state index in [1.165, 1.54) is 0 Å². The summed E-state index contributed by atoms with van der Waals surface area (Å²) in [6.45, 7) is 4.68. The second-order valence-corrected chi connectivity index (χ2v) is 5.51. The summed E-state index contributed by atoms with van der Waals surface area (Å²) in [4.78, 5) is 14.4. The Hall–Kier alpha value is -1.87. The van der Waals surface area contributed by atoms with E-state index in [-0.39, 0.29) is 11.9 Å². The van der Waals surface area contributed by atoms with Crippen LogP contribution in [0.15, 0.2) is 42.5 Å². The van der Waals surface area contributed by atoms with Crippen molar-refractivity contribution in [2.75, 3.05) is 11.4 Å². The Balaban J connectivity index is 2.21. The molecule has 1 unspecified atom stereocenters. The van der Waals surface area contributed by atoms with Crippen LogP contribution in [0.3, 0.4) is 0 Å². The molecule has 0 saturated heterocycles. The van der Waals surface area contributed by atoms with Crippen LogP contribution in [0.1, 0.15) is 33.1 Å². The molecule has 0 saturated carbocycles. The van der Waals surface area contributed by atoms with E-state index >= 15 is 0 Å². The third-order valence-corrected chi connectivity index (χ3v) is 3.72. The minimum Gasteiger partial charge on any atom is -0.328 e. The molecular formula is C18H24N2O. The van der Waals surface area contributed by atoms with Crippen LogP contribution in [0, 0.1) is 0 Å². The molecule has 2 rings (SSSR count). The average Bonchev–Trinajstić information content (AvgIpc) is 2.48. The van der Waals surface area contributed by atoms with Gasteiger partial charge in [0.05, 0.1) is 5.69 Å². The predicted octanol–water partition coefficient (Wildman–Crippen LogP) is 3.71. The highest BCUT2D eigenvalue weighted by atomic mass is 16.2. The first kappa shape index (κ1) is 15.5. The number of carbonyl (C=O) groups excluding carboxylic acids is 1. The molecule has 0 radical (unpaired) electrons. The van der Waals surface area contributed by atoms with E-state index in [1.807, 2.05) is 43.0 Å². The fraction of sp³-hybridized carbons (Fsp3) is 0.389. The van der Waals surface area contributed by atoms with Gasteiger partial charge in [-0.25, -0.2) is 0 Å². The zero-order valence-electron chi connectivity index (χ0n) is 12.9. The van der Waals surface area contributed by atoms with Crippen LogP contribution >= 0.6 is 0 Å². The molecule has 0 aliphatic heterocycles. The Morgan fingerprint density at radius 1 is 1.19 bits per heavy atom. The van der Waals surface area contributed by atoms with Gasteiger partial charge in [0, 0.05) is 24.4 Å². The number of carbonyl (C=O) groups is 1. The van der Waals surface area contributed by atoms with Crippen LogP contribution in [-0.2, 0) is 4.79 Å². The van der Waals surface area contributed by atoms with Crippen molar-refractivity contribution in [2.45, 2.75) is 39.2 Å². The third kappa shape index (κ3) is 3.82. The smallest absolute Gasteiger partial charge is 0.226 e. The summed E-state index contributed by atoms with van der Waals surface area (Å²) in [7, 11) is 0. The Labute approximate surface area is 126 Å². The number of benzene rings is 2. The minimum absolute atomic E-state index is 0.158. The first-order chi connectivity index (χ1) is 10.1. The zero-order valence-corrected chi connectivity index (χ0v) is 12.9. The average molecular weight is 284 g/mol. The maximum Gasteiger partial charge on any atom is 0.226 e. The lowest BCUT2D eigenvalue weighted by atomic mass is 10.1. The lowest BCUT2D eigenvalue weighted by molar-refractivity contribution is -0.118. The van der Waals surface area contributed by atoms with Crippen LogP contribution in [-0.4, -0.2) is 18.5 Å². The van der Waals surface area contributed by atoms with Crippen molar-refractivity contribution >= 4 is 22.4 Å². The molecular weight excluding hydrogens is 260 g/mol. The van der Waals surface area contributed by atoms with Gasteiger partial charge in [0.15, 0.2) is 0 Å². The topological polar surface area (TPSA) is 46.3 Å². The van der Waals surface area contributed by atoms with Gasteiger partial charge in [-0.05, 0) is 38.1 Å². The first-order valence-corrected chi connectivity index (χ1v) is 7.67. The molecule has 1 atom stereocenters. The number of fused-ring (bicyclic) bond motifs is 1. The monoisotopic (exact) mass is 284 g/mol. The molecule has 1 amide bonds. The summed E-state index contributed by atoms with van der Waals surface area (Å²) in [5.74, 6) is 0.175. The van der Waals surface area contributed by atoms with E-state index in [9.17, 15) is 4.79 Å². The fourth-order valence-electron chi connectivity index (χ4n) is 2.63. The van der Waals surface area contributed by atoms with Gasteiger partial charge < -0.3 is 10.6 Å². The van der Waals surface area contributed by atoms with Crippen molar-refractivity contribution in [3.05, 3.63) is 42.5 Å². The highest BCUT2D eigenvalue weighted by Gasteiger charge is 2.15. The molecule has 0 fully saturated rings. The number of hydrogen-bond acceptors (Lipinski definition) is 2. The van der Waals surface area contributed by atoms with Gasteiger partial charge in [-0.15, -0.1) is 0 Å². The summed E-state index contributed by atoms with van der Waals surface area (Å²) in [5.41, 5.74) is 6.75. The third-order valence-electron chi connectivity index (χ3n) is 3.72. The number of rotatable bonds is 6. The lowest BCUT2D eigenvalue weighted by Gasteiger charge is -2.23. The van der Waals surface area contributed by atoms with Crippen LogP contribution < -0.4 is 10.6 Å². The van der Waals surface area contributed by atoms with Gasteiger partial charge in [-0.1, -0.05) is 36.4 Å². The second kappa shape index (κ2) is 7.23. The quantitative estimate of drug-likeness (QED) is 0.879. The molecule has 0 heterocycles. The summed E-state index contributed by atoms with van der Waals surface area (Å²) in [6.07, 6.45) is 2.29. The summed E-state index contributed by atoms with van der Waals surface area (Å²) in [6, 6.07) is 14.5. The highest BCUT2D eigenvalue weighted by molar-refractivity contribution is 6.03. The molecule has 2 N–H and O–H groups in total. The van der Waals surface area contributed by atoms with E-state index in [2.05, 4.69) is 18.2 Å². The maximum absolute atomic E-state index is 12.5. The molecule has 0 aliphatic carbocycles. The van der Waals surface area contributed by atoms with Gasteiger partial charge in [0.2, 0.25) is 5.91 Å². The van der Waals surface area contributed by atoms with Gasteiger partial charge in [-0.2, -0.15) is 0 Å². The Morgan fingerprint density at radius 3 is 2.62 bits per heavy atom. The Morgan fingerprint density at radius 2 is 1.90 bits per heavy atom. The van der Waals surface area contributed by atoms with Crippen molar-refractivity contribution in [3.8, 4) is 0 Å². The van der Waals surface area contributed by atoms with Crippen molar-refractivity contribution < 1.29 is 4.79 Å². The van der Waals surface area contributed by atoms with Crippen LogP contribution in [0.2, 0.25) is 0 Å².